The van der Waals surface area contributed by atoms with E-state index >= 15 is 0 Å². The quantitative estimate of drug-likeness (QED) is 0.341. The van der Waals surface area contributed by atoms with E-state index in [0.29, 0.717) is 49.2 Å². The van der Waals surface area contributed by atoms with E-state index in [2.05, 4.69) is 5.32 Å². The molecule has 2 fully saturated rings. The van der Waals surface area contributed by atoms with Gasteiger partial charge in [0.15, 0.2) is 0 Å². The lowest BCUT2D eigenvalue weighted by Gasteiger charge is -2.41. The fourth-order valence-electron chi connectivity index (χ4n) is 5.37. The van der Waals surface area contributed by atoms with Gasteiger partial charge in [-0.2, -0.15) is 0 Å². The third-order valence-corrected chi connectivity index (χ3v) is 7.39. The Morgan fingerprint density at radius 3 is 2.62 bits per heavy atom. The Balaban J connectivity index is 1.15. The van der Waals surface area contributed by atoms with Crippen molar-refractivity contribution in [3.05, 3.63) is 29.3 Å². The second kappa shape index (κ2) is 8.88. The molecule has 0 unspecified atom stereocenters. The van der Waals surface area contributed by atoms with Gasteiger partial charge in [0.25, 0.3) is 0 Å². The van der Waals surface area contributed by atoms with Crippen molar-refractivity contribution in [3.8, 4) is 11.5 Å². The molecule has 1 saturated heterocycles. The van der Waals surface area contributed by atoms with Gasteiger partial charge in [-0.3, -0.25) is 4.79 Å². The van der Waals surface area contributed by atoms with Crippen LogP contribution < -0.4 is 20.4 Å². The van der Waals surface area contributed by atoms with Crippen molar-refractivity contribution in [2.75, 3.05) is 26.2 Å². The number of carboxylic acid groups (broad SMARTS) is 1. The number of aromatic carboxylic acids is 1. The van der Waals surface area contributed by atoms with Gasteiger partial charge in [-0.25, -0.2) is 4.79 Å². The number of carboxylic acids is 1. The van der Waals surface area contributed by atoms with Crippen molar-refractivity contribution in [1.82, 2.24) is 10.2 Å². The lowest BCUT2D eigenvalue weighted by molar-refractivity contribution is -0.141. The van der Waals surface area contributed by atoms with Gasteiger partial charge in [0.2, 0.25) is 5.91 Å². The van der Waals surface area contributed by atoms with Crippen LogP contribution in [0, 0.1) is 5.92 Å². The zero-order valence-corrected chi connectivity index (χ0v) is 19.0. The van der Waals surface area contributed by atoms with Gasteiger partial charge >= 0.3 is 12.7 Å². The summed E-state index contributed by atoms with van der Waals surface area (Å²) in [4.78, 5) is 26.4. The number of nitrogens with two attached hydrogens (primary N) is 1. The fourth-order valence-corrected chi connectivity index (χ4v) is 5.37. The molecular weight excluding hydrogens is 441 g/mol. The maximum absolute atomic E-state index is 12.7. The number of ether oxygens (including phenoxy) is 1. The summed E-state index contributed by atoms with van der Waals surface area (Å²) in [6, 6.07) is 3.73. The Morgan fingerprint density at radius 1 is 1.21 bits per heavy atom. The summed E-state index contributed by atoms with van der Waals surface area (Å²) in [7, 11) is 0. The lowest BCUT2D eigenvalue weighted by Crippen LogP contribution is -2.56. The molecule has 6 N–H and O–H groups in total. The molecule has 0 spiro atoms. The number of hydrogen-bond donors (Lipinski definition) is 5. The molecule has 0 radical (unpaired) electrons. The highest BCUT2D eigenvalue weighted by Gasteiger charge is 2.49. The number of carbonyl (C=O) groups excluding carboxylic acids is 1. The molecule has 184 valence electrons. The van der Waals surface area contributed by atoms with Crippen LogP contribution in [0.5, 0.6) is 11.5 Å². The smallest absolute Gasteiger partial charge is 0.441 e. The van der Waals surface area contributed by atoms with Crippen molar-refractivity contribution in [1.29, 1.82) is 0 Å². The topological polar surface area (TPSA) is 155 Å². The third kappa shape index (κ3) is 4.40. The minimum absolute atomic E-state index is 0.0844. The number of benzene rings is 1. The molecule has 4 aliphatic rings. The molecule has 2 heterocycles. The van der Waals surface area contributed by atoms with Crippen LogP contribution in [-0.2, 0) is 4.79 Å². The van der Waals surface area contributed by atoms with Crippen LogP contribution in [0.3, 0.4) is 0 Å². The first-order valence-corrected chi connectivity index (χ1v) is 12.1. The summed E-state index contributed by atoms with van der Waals surface area (Å²) in [5.74, 6) is -1.37. The average Bonchev–Trinajstić information content (AvgIpc) is 3.57. The summed E-state index contributed by atoms with van der Waals surface area (Å²) in [5.41, 5.74) is 6.52. The normalized spacial score (nSPS) is 27.0. The summed E-state index contributed by atoms with van der Waals surface area (Å²) < 4.78 is 11.2. The highest BCUT2D eigenvalue weighted by atomic mass is 16.6. The van der Waals surface area contributed by atoms with Crippen LogP contribution in [0.4, 0.5) is 0 Å². The van der Waals surface area contributed by atoms with Gasteiger partial charge in [0.05, 0.1) is 18.8 Å². The number of amides is 1. The zero-order valence-electron chi connectivity index (χ0n) is 19.0. The highest BCUT2D eigenvalue weighted by Crippen LogP contribution is 2.57. The molecule has 5 rings (SSSR count). The first-order chi connectivity index (χ1) is 16.3. The summed E-state index contributed by atoms with van der Waals surface area (Å²) in [6.07, 6.45) is 6.01. The van der Waals surface area contributed by atoms with Crippen LogP contribution in [-0.4, -0.2) is 77.0 Å². The first kappa shape index (κ1) is 23.2. The lowest BCUT2D eigenvalue weighted by atomic mass is 9.67. The maximum Gasteiger partial charge on any atom is 0.441 e. The molecule has 1 aromatic carbocycles. The van der Waals surface area contributed by atoms with E-state index in [1.807, 2.05) is 0 Å². The Labute approximate surface area is 197 Å². The molecule has 11 heteroatoms. The summed E-state index contributed by atoms with van der Waals surface area (Å²) >= 11 is 0. The zero-order chi connectivity index (χ0) is 24.0. The van der Waals surface area contributed by atoms with Crippen molar-refractivity contribution in [3.63, 3.8) is 0 Å². The largest absolute Gasteiger partial charge is 0.668 e. The molecule has 1 saturated carbocycles. The van der Waals surface area contributed by atoms with Gasteiger partial charge < -0.3 is 40.5 Å². The van der Waals surface area contributed by atoms with Gasteiger partial charge in [-0.05, 0) is 49.6 Å². The molecule has 0 aromatic heterocycles. The molecule has 1 aromatic rings. The Morgan fingerprint density at radius 2 is 1.94 bits per heavy atom. The number of nitrogens with zero attached hydrogens (tertiary/aromatic N) is 1. The van der Waals surface area contributed by atoms with Gasteiger partial charge in [-0.1, -0.05) is 5.57 Å². The van der Waals surface area contributed by atoms with Crippen molar-refractivity contribution < 1.29 is 34.1 Å². The fraction of sp³-hybridized carbons (Fsp3) is 0.565. The number of allylic oxidation sites excluding steroid dienone is 2. The molecule has 2 aliphatic heterocycles. The number of rotatable bonds is 8. The van der Waals surface area contributed by atoms with Gasteiger partial charge in [0.1, 0.15) is 17.4 Å². The predicted molar refractivity (Wildman–Crippen MR) is 124 cm³/mol. The minimum Gasteiger partial charge on any atom is -0.668 e. The molecule has 0 bridgehead atoms. The molecule has 2 aliphatic carbocycles. The number of fused-ring (bicyclic) bond motifs is 3. The van der Waals surface area contributed by atoms with E-state index in [9.17, 15) is 24.7 Å². The Bertz CT molecular complexity index is 1020. The van der Waals surface area contributed by atoms with Crippen LogP contribution in [0.25, 0.3) is 5.57 Å². The van der Waals surface area contributed by atoms with Crippen LogP contribution in [0.15, 0.2) is 18.2 Å². The third-order valence-electron chi connectivity index (χ3n) is 7.39. The van der Waals surface area contributed by atoms with Crippen molar-refractivity contribution in [2.24, 2.45) is 11.7 Å². The summed E-state index contributed by atoms with van der Waals surface area (Å²) in [6.45, 7) is -0.934. The number of nitrogens with one attached hydrogen (secondary N) is 1. The van der Waals surface area contributed by atoms with E-state index < -0.39 is 18.5 Å². The first-order valence-electron chi connectivity index (χ1n) is 12.1. The monoisotopic (exact) mass is 472 g/mol. The number of hydrogen-bond acceptors (Lipinski definition) is 8. The number of carbonyl (C=O) groups is 2. The molecular formula is C23H31BN3O7-. The highest BCUT2D eigenvalue weighted by molar-refractivity contribution is 6.66. The van der Waals surface area contributed by atoms with Crippen LogP contribution in [0.2, 0.25) is 5.82 Å². The van der Waals surface area contributed by atoms with Crippen LogP contribution in [0.1, 0.15) is 48.0 Å². The SMILES string of the molecule is NCCNC1CCC(CC(=O)N2CC(Oc3ccc4c(c3C(=O)O)O[B-](O)(O)[C@H]3C=C43)C2)CC1. The standard InChI is InChI=1S/C23H31BN3O7/c25-7-8-26-14-3-1-13(2-4-14)9-20(28)27-11-15(12-27)33-19-6-5-16-17-10-18(17)24(31,32)34-22(16)21(19)23(29)30/h5-6,10,13-15,18,26,31-32H,1-4,7-9,11-12,25H2,(H,29,30)/q-1/t13?,14?,18-/m0/s1. The van der Waals surface area contributed by atoms with E-state index in [0.717, 1.165) is 32.2 Å². The molecule has 1 amide bonds. The van der Waals surface area contributed by atoms with Gasteiger partial charge in [0, 0.05) is 31.1 Å². The van der Waals surface area contributed by atoms with E-state index in [1.165, 1.54) is 0 Å². The number of likely N-dealkylation sites (tertiary alicyclic amines) is 1. The molecule has 10 nitrogen and oxygen atoms in total. The second-order valence-electron chi connectivity index (χ2n) is 9.85. The summed E-state index contributed by atoms with van der Waals surface area (Å²) in [5, 5.41) is 33.4. The van der Waals surface area contributed by atoms with E-state index in [-0.39, 0.29) is 29.1 Å². The second-order valence-corrected chi connectivity index (χ2v) is 9.85. The van der Waals surface area contributed by atoms with E-state index in [1.54, 1.807) is 23.1 Å². The molecule has 1 atom stereocenters. The van der Waals surface area contributed by atoms with Crippen LogP contribution >= 0.6 is 0 Å². The average molecular weight is 472 g/mol. The maximum atomic E-state index is 12.7. The Hall–Kier alpha value is -2.60. The molecule has 34 heavy (non-hydrogen) atoms. The minimum atomic E-state index is -3.17. The Kier molecular flexibility index (Phi) is 6.05. The predicted octanol–water partition coefficient (Wildman–Crippen LogP) is 0.555. The van der Waals surface area contributed by atoms with Crippen molar-refractivity contribution >= 4 is 24.2 Å². The van der Waals surface area contributed by atoms with E-state index in [4.69, 9.17) is 15.1 Å². The van der Waals surface area contributed by atoms with Gasteiger partial charge in [-0.15, -0.1) is 6.08 Å². The van der Waals surface area contributed by atoms with Crippen molar-refractivity contribution in [2.45, 2.75) is 50.1 Å².